The fourth-order valence-electron chi connectivity index (χ4n) is 13.9. The predicted molar refractivity (Wildman–Crippen MR) is 201 cm³/mol. The molecule has 2 spiro atoms. The standard InChI is InChI=1S/C43H55NO5S2/c1-38(2)30-13-12-29(32(38)23-30)26-44(51(48,49)36-11-8-22-50-36)27-42(47)19-16-35-40(42,4)18-15-34-39(3)17-14-31(45)24-41(39)20-21-43(34,35)33(25-41)37(46)28-9-6-5-7-10-28/h5-11,20-22,25,29-32,34-35,45,47H,12-19,23-24,26-27H2,1-4H3. The Morgan fingerprint density at radius 1 is 0.902 bits per heavy atom. The SMILES string of the molecule is CC1(C)C2CCC(CN(CC3(O)CCC4C56C=CC7(C=C5C(=O)c5ccccc5)CC(O)CCC7(C)C6CCC43C)S(=O)(=O)c3cccs3)C1C2. The zero-order valence-corrected chi connectivity index (χ0v) is 32.3. The molecular weight excluding hydrogens is 675 g/mol. The van der Waals surface area contributed by atoms with Crippen molar-refractivity contribution in [1.82, 2.24) is 4.31 Å². The van der Waals surface area contributed by atoms with Gasteiger partial charge in [0, 0.05) is 40.5 Å². The summed E-state index contributed by atoms with van der Waals surface area (Å²) in [6, 6.07) is 13.1. The topological polar surface area (TPSA) is 94.9 Å². The molecule has 274 valence electrons. The monoisotopic (exact) mass is 729 g/mol. The molecule has 1 heterocycles. The van der Waals surface area contributed by atoms with Gasteiger partial charge >= 0.3 is 0 Å². The number of ketones is 1. The van der Waals surface area contributed by atoms with Gasteiger partial charge in [0.1, 0.15) is 4.21 Å². The highest BCUT2D eigenvalue weighted by molar-refractivity contribution is 7.91. The number of fused-ring (bicyclic) bond motifs is 3. The number of thiophene rings is 1. The zero-order valence-electron chi connectivity index (χ0n) is 30.7. The summed E-state index contributed by atoms with van der Waals surface area (Å²) >= 11 is 1.26. The molecule has 2 aromatic rings. The Hall–Kier alpha value is -2.10. The molecule has 1 aromatic heterocycles. The van der Waals surface area contributed by atoms with Crippen LogP contribution < -0.4 is 0 Å². The van der Waals surface area contributed by atoms with Crippen molar-refractivity contribution in [3.8, 4) is 0 Å². The van der Waals surface area contributed by atoms with Crippen LogP contribution in [0, 0.1) is 56.7 Å². The first-order chi connectivity index (χ1) is 24.1. The number of rotatable bonds is 8. The van der Waals surface area contributed by atoms with E-state index >= 15 is 0 Å². The fourth-order valence-corrected chi connectivity index (χ4v) is 16.6. The number of hydrogen-bond acceptors (Lipinski definition) is 6. The van der Waals surface area contributed by atoms with Gasteiger partial charge < -0.3 is 10.2 Å². The third-order valence-corrected chi connectivity index (χ3v) is 20.1. The number of hydrogen-bond donors (Lipinski definition) is 2. The van der Waals surface area contributed by atoms with E-state index in [0.717, 1.165) is 56.4 Å². The van der Waals surface area contributed by atoms with Gasteiger partial charge in [0.15, 0.2) is 5.78 Å². The fraction of sp³-hybridized carbons (Fsp3) is 0.651. The number of sulfonamides is 1. The van der Waals surface area contributed by atoms with Crippen LogP contribution in [0.25, 0.3) is 0 Å². The quantitative estimate of drug-likeness (QED) is 0.211. The van der Waals surface area contributed by atoms with Crippen molar-refractivity contribution in [3.05, 3.63) is 77.2 Å². The van der Waals surface area contributed by atoms with E-state index in [4.69, 9.17) is 0 Å². The maximum Gasteiger partial charge on any atom is 0.252 e. The zero-order chi connectivity index (χ0) is 35.8. The highest BCUT2D eigenvalue weighted by Crippen LogP contribution is 2.78. The Bertz CT molecular complexity index is 1900. The van der Waals surface area contributed by atoms with Gasteiger partial charge in [-0.2, -0.15) is 4.31 Å². The van der Waals surface area contributed by atoms with E-state index in [1.54, 1.807) is 16.4 Å². The average molecular weight is 730 g/mol. The van der Waals surface area contributed by atoms with Crippen LogP contribution in [0.3, 0.4) is 0 Å². The van der Waals surface area contributed by atoms with Crippen molar-refractivity contribution in [2.24, 2.45) is 56.7 Å². The van der Waals surface area contributed by atoms with Gasteiger partial charge in [-0.1, -0.05) is 82.3 Å². The van der Waals surface area contributed by atoms with Crippen molar-refractivity contribution >= 4 is 27.1 Å². The minimum Gasteiger partial charge on any atom is -0.393 e. The Morgan fingerprint density at radius 3 is 2.33 bits per heavy atom. The summed E-state index contributed by atoms with van der Waals surface area (Å²) in [5.74, 6) is 1.70. The van der Waals surface area contributed by atoms with Crippen LogP contribution in [0.15, 0.2) is 75.9 Å². The van der Waals surface area contributed by atoms with Crippen LogP contribution in [0.2, 0.25) is 0 Å². The molecule has 4 bridgehead atoms. The summed E-state index contributed by atoms with van der Waals surface area (Å²) in [5, 5.41) is 26.1. The van der Waals surface area contributed by atoms with Gasteiger partial charge in [-0.05, 0) is 116 Å². The van der Waals surface area contributed by atoms with E-state index in [0.29, 0.717) is 35.1 Å². The second kappa shape index (κ2) is 11.2. The summed E-state index contributed by atoms with van der Waals surface area (Å²) in [7, 11) is -3.83. The predicted octanol–water partition coefficient (Wildman–Crippen LogP) is 8.29. The van der Waals surface area contributed by atoms with Crippen LogP contribution in [0.4, 0.5) is 0 Å². The third-order valence-electron chi connectivity index (χ3n) is 17.0. The summed E-state index contributed by atoms with van der Waals surface area (Å²) < 4.78 is 31.2. The van der Waals surface area contributed by atoms with Gasteiger partial charge in [0.2, 0.25) is 0 Å². The van der Waals surface area contributed by atoms with Crippen LogP contribution in [-0.4, -0.2) is 53.5 Å². The van der Waals surface area contributed by atoms with E-state index in [1.807, 2.05) is 35.7 Å². The molecule has 51 heavy (non-hydrogen) atoms. The summed E-state index contributed by atoms with van der Waals surface area (Å²) in [4.78, 5) is 14.8. The Kier molecular flexibility index (Phi) is 7.62. The van der Waals surface area contributed by atoms with Crippen LogP contribution in [0.5, 0.6) is 0 Å². The normalized spacial score (nSPS) is 44.6. The van der Waals surface area contributed by atoms with Crippen molar-refractivity contribution < 1.29 is 23.4 Å². The van der Waals surface area contributed by atoms with Crippen LogP contribution >= 0.6 is 11.3 Å². The molecule has 0 aliphatic heterocycles. The molecule has 2 N–H and O–H groups in total. The molecule has 6 fully saturated rings. The minimum absolute atomic E-state index is 0.0295. The van der Waals surface area contributed by atoms with Gasteiger partial charge in [-0.25, -0.2) is 8.42 Å². The first-order valence-electron chi connectivity index (χ1n) is 19.6. The second-order valence-corrected chi connectivity index (χ2v) is 22.0. The number of nitrogens with zero attached hydrogens (tertiary/aromatic N) is 1. The molecule has 6 saturated carbocycles. The number of Topliss-reactive ketones (excluding diaryl/α,β-unsaturated/α-hetero) is 1. The molecule has 11 rings (SSSR count). The molecule has 0 saturated heterocycles. The van der Waals surface area contributed by atoms with Crippen molar-refractivity contribution in [2.45, 2.75) is 108 Å². The minimum atomic E-state index is -3.83. The lowest BCUT2D eigenvalue weighted by Crippen LogP contribution is -2.67. The first-order valence-corrected chi connectivity index (χ1v) is 21.9. The molecule has 8 heteroatoms. The number of carbonyl (C=O) groups excluding carboxylic acids is 1. The molecule has 0 amide bonds. The maximum atomic E-state index is 14.8. The van der Waals surface area contributed by atoms with Gasteiger partial charge in [0.25, 0.3) is 10.0 Å². The van der Waals surface area contributed by atoms with Gasteiger partial charge in [-0.3, -0.25) is 4.79 Å². The van der Waals surface area contributed by atoms with Crippen molar-refractivity contribution in [2.75, 3.05) is 13.1 Å². The lowest BCUT2D eigenvalue weighted by atomic mass is 9.32. The maximum absolute atomic E-state index is 14.8. The van der Waals surface area contributed by atoms with E-state index in [9.17, 15) is 23.4 Å². The number of allylic oxidation sites excluding steroid dienone is 4. The third kappa shape index (κ3) is 4.49. The Labute approximate surface area is 308 Å². The summed E-state index contributed by atoms with van der Waals surface area (Å²) in [5.41, 5.74) is -1.21. The number of carbonyl (C=O) groups is 1. The second-order valence-electron chi connectivity index (χ2n) is 18.9. The number of aliphatic hydroxyl groups excluding tert-OH is 1. The number of benzene rings is 1. The first kappa shape index (κ1) is 34.7. The molecule has 0 radical (unpaired) electrons. The molecule has 11 atom stereocenters. The average Bonchev–Trinajstić information content (AvgIpc) is 3.75. The lowest BCUT2D eigenvalue weighted by Gasteiger charge is -2.71. The summed E-state index contributed by atoms with van der Waals surface area (Å²) in [6.07, 6.45) is 15.0. The lowest BCUT2D eigenvalue weighted by molar-refractivity contribution is -0.174. The Balaban J connectivity index is 1.12. The van der Waals surface area contributed by atoms with Crippen LogP contribution in [0.1, 0.15) is 102 Å². The molecule has 9 aliphatic carbocycles. The highest BCUT2D eigenvalue weighted by atomic mass is 32.2. The van der Waals surface area contributed by atoms with Gasteiger partial charge in [0.05, 0.1) is 11.7 Å². The number of aliphatic hydroxyl groups is 2. The van der Waals surface area contributed by atoms with E-state index in [-0.39, 0.29) is 46.3 Å². The molecule has 6 nitrogen and oxygen atoms in total. The highest BCUT2D eigenvalue weighted by Gasteiger charge is 2.74. The molecule has 1 aromatic carbocycles. The molecular formula is C43H55NO5S2. The Morgan fingerprint density at radius 2 is 1.63 bits per heavy atom. The summed E-state index contributed by atoms with van der Waals surface area (Å²) in [6.45, 7) is 9.85. The van der Waals surface area contributed by atoms with E-state index < -0.39 is 32.6 Å². The van der Waals surface area contributed by atoms with Gasteiger partial charge in [-0.15, -0.1) is 11.3 Å². The van der Waals surface area contributed by atoms with Crippen molar-refractivity contribution in [1.29, 1.82) is 0 Å². The molecule has 9 aliphatic rings. The van der Waals surface area contributed by atoms with E-state index in [1.165, 1.54) is 17.8 Å². The van der Waals surface area contributed by atoms with Crippen LogP contribution in [-0.2, 0) is 10.0 Å². The largest absolute Gasteiger partial charge is 0.393 e. The molecule has 11 unspecified atom stereocenters. The van der Waals surface area contributed by atoms with E-state index in [2.05, 4.69) is 45.9 Å². The smallest absolute Gasteiger partial charge is 0.252 e. The van der Waals surface area contributed by atoms with Crippen molar-refractivity contribution in [3.63, 3.8) is 0 Å².